The van der Waals surface area contributed by atoms with Gasteiger partial charge in [-0.25, -0.2) is 4.79 Å². The Hall–Kier alpha value is -4.58. The minimum atomic E-state index is -0.724. The molecular weight excluding hydrogens is 418 g/mol. The highest BCUT2D eigenvalue weighted by Gasteiger charge is 2.21. The molecule has 0 aliphatic heterocycles. The lowest BCUT2D eigenvalue weighted by Gasteiger charge is -2.10. The van der Waals surface area contributed by atoms with Gasteiger partial charge in [-0.2, -0.15) is 0 Å². The number of carbonyl (C=O) groups is 2. The van der Waals surface area contributed by atoms with Crippen LogP contribution in [0.4, 0.5) is 5.69 Å². The van der Waals surface area contributed by atoms with Crippen molar-refractivity contribution in [1.29, 1.82) is 0 Å². The van der Waals surface area contributed by atoms with Crippen LogP contribution in [-0.2, 0) is 11.3 Å². The predicted molar refractivity (Wildman–Crippen MR) is 124 cm³/mol. The minimum Gasteiger partial charge on any atom is -0.457 e. The van der Waals surface area contributed by atoms with Gasteiger partial charge in [0.05, 0.1) is 16.1 Å². The summed E-state index contributed by atoms with van der Waals surface area (Å²) in [4.78, 5) is 36.5. The van der Waals surface area contributed by atoms with E-state index in [-0.39, 0.29) is 34.8 Å². The van der Waals surface area contributed by atoms with Crippen molar-refractivity contribution in [3.8, 4) is 11.1 Å². The van der Waals surface area contributed by atoms with Crippen molar-refractivity contribution >= 4 is 17.4 Å². The Morgan fingerprint density at radius 3 is 1.97 bits per heavy atom. The van der Waals surface area contributed by atoms with Crippen molar-refractivity contribution in [2.24, 2.45) is 0 Å². The van der Waals surface area contributed by atoms with Gasteiger partial charge in [0.1, 0.15) is 6.61 Å². The molecule has 6 heteroatoms. The van der Waals surface area contributed by atoms with Gasteiger partial charge in [-0.1, -0.05) is 84.9 Å². The molecule has 0 spiro atoms. The van der Waals surface area contributed by atoms with E-state index < -0.39 is 10.9 Å². The topological polar surface area (TPSA) is 86.5 Å². The average Bonchev–Trinajstić information content (AvgIpc) is 2.87. The van der Waals surface area contributed by atoms with Gasteiger partial charge in [0.15, 0.2) is 5.78 Å². The van der Waals surface area contributed by atoms with Crippen LogP contribution in [0, 0.1) is 10.1 Å². The monoisotopic (exact) mass is 437 g/mol. The molecule has 0 fully saturated rings. The van der Waals surface area contributed by atoms with E-state index in [4.69, 9.17) is 4.74 Å². The first-order valence-corrected chi connectivity index (χ1v) is 10.2. The molecule has 4 aromatic rings. The molecular formula is C27H19NO5. The molecule has 6 nitrogen and oxygen atoms in total. The average molecular weight is 437 g/mol. The van der Waals surface area contributed by atoms with Crippen LogP contribution in [0.25, 0.3) is 11.1 Å². The highest BCUT2D eigenvalue weighted by atomic mass is 16.6. The molecule has 0 bridgehead atoms. The molecule has 0 unspecified atom stereocenters. The number of nitro groups is 1. The number of ketones is 1. The second-order valence-electron chi connectivity index (χ2n) is 7.28. The number of rotatable bonds is 7. The molecule has 162 valence electrons. The van der Waals surface area contributed by atoms with Crippen molar-refractivity contribution < 1.29 is 19.2 Å². The van der Waals surface area contributed by atoms with E-state index >= 15 is 0 Å². The Labute approximate surface area is 190 Å². The van der Waals surface area contributed by atoms with Crippen LogP contribution in [0.3, 0.4) is 0 Å². The quantitative estimate of drug-likeness (QED) is 0.157. The maximum Gasteiger partial charge on any atom is 0.339 e. The number of benzene rings is 4. The van der Waals surface area contributed by atoms with Crippen LogP contribution < -0.4 is 0 Å². The van der Waals surface area contributed by atoms with Gasteiger partial charge < -0.3 is 4.74 Å². The lowest BCUT2D eigenvalue weighted by molar-refractivity contribution is -0.385. The Balaban J connectivity index is 1.54. The van der Waals surface area contributed by atoms with E-state index in [0.717, 1.165) is 11.1 Å². The molecule has 0 saturated carbocycles. The Morgan fingerprint density at radius 2 is 1.27 bits per heavy atom. The van der Waals surface area contributed by atoms with Crippen molar-refractivity contribution in [2.45, 2.75) is 6.61 Å². The number of carbonyl (C=O) groups excluding carboxylic acids is 2. The smallest absolute Gasteiger partial charge is 0.339 e. The van der Waals surface area contributed by atoms with E-state index in [0.29, 0.717) is 5.56 Å². The fourth-order valence-electron chi connectivity index (χ4n) is 3.49. The number of para-hydroxylation sites is 1. The number of nitrogens with zero attached hydrogens (tertiary/aromatic N) is 1. The molecule has 0 atom stereocenters. The fourth-order valence-corrected chi connectivity index (χ4v) is 3.49. The second-order valence-corrected chi connectivity index (χ2v) is 7.28. The molecule has 0 aliphatic carbocycles. The first kappa shape index (κ1) is 21.6. The minimum absolute atomic E-state index is 0.105. The molecule has 0 amide bonds. The normalized spacial score (nSPS) is 10.4. The summed E-state index contributed by atoms with van der Waals surface area (Å²) in [6.45, 7) is -0.274. The standard InChI is InChI=1S/C27H19NO5/c29-26(21-16-14-20(15-17-21)19-8-2-1-3-9-19)23-11-5-6-12-24(23)27(30)33-18-22-10-4-7-13-25(22)28(31)32/h1-17H,18H2. The van der Waals surface area contributed by atoms with Crippen molar-refractivity contribution in [3.05, 3.63) is 135 Å². The highest BCUT2D eigenvalue weighted by Crippen LogP contribution is 2.23. The van der Waals surface area contributed by atoms with E-state index in [1.54, 1.807) is 42.5 Å². The molecule has 0 heterocycles. The molecule has 0 saturated heterocycles. The maximum atomic E-state index is 13.1. The van der Waals surface area contributed by atoms with Gasteiger partial charge in [-0.15, -0.1) is 0 Å². The van der Waals surface area contributed by atoms with Crippen LogP contribution in [0.5, 0.6) is 0 Å². The summed E-state index contributed by atoms with van der Waals surface area (Å²) in [5.74, 6) is -1.04. The second kappa shape index (κ2) is 9.70. The predicted octanol–water partition coefficient (Wildman–Crippen LogP) is 5.85. The fraction of sp³-hybridized carbons (Fsp3) is 0.0370. The summed E-state index contributed by atoms with van der Waals surface area (Å²) < 4.78 is 5.31. The number of hydrogen-bond donors (Lipinski definition) is 0. The number of hydrogen-bond acceptors (Lipinski definition) is 5. The van der Waals surface area contributed by atoms with Gasteiger partial charge >= 0.3 is 5.97 Å². The molecule has 4 aromatic carbocycles. The van der Waals surface area contributed by atoms with Crippen LogP contribution in [-0.4, -0.2) is 16.7 Å². The third-order valence-corrected chi connectivity index (χ3v) is 5.19. The first-order valence-electron chi connectivity index (χ1n) is 10.2. The molecule has 0 N–H and O–H groups in total. The van der Waals surface area contributed by atoms with Gasteiger partial charge in [-0.3, -0.25) is 14.9 Å². The van der Waals surface area contributed by atoms with Crippen molar-refractivity contribution in [1.82, 2.24) is 0 Å². The number of nitro benzene ring substituents is 1. The molecule has 4 rings (SSSR count). The SMILES string of the molecule is O=C(OCc1ccccc1[N+](=O)[O-])c1ccccc1C(=O)c1ccc(-c2ccccc2)cc1. The zero-order chi connectivity index (χ0) is 23.2. The van der Waals surface area contributed by atoms with E-state index in [2.05, 4.69) is 0 Å². The van der Waals surface area contributed by atoms with E-state index in [1.807, 2.05) is 42.5 Å². The molecule has 0 aliphatic rings. The number of esters is 1. The van der Waals surface area contributed by atoms with Gasteiger partial charge in [0.25, 0.3) is 5.69 Å². The van der Waals surface area contributed by atoms with E-state index in [9.17, 15) is 19.7 Å². The largest absolute Gasteiger partial charge is 0.457 e. The summed E-state index contributed by atoms with van der Waals surface area (Å²) in [6, 6.07) is 29.4. The van der Waals surface area contributed by atoms with Crippen molar-refractivity contribution in [2.75, 3.05) is 0 Å². The lowest BCUT2D eigenvalue weighted by Crippen LogP contribution is -2.13. The summed E-state index contributed by atoms with van der Waals surface area (Å²) in [7, 11) is 0. The zero-order valence-corrected chi connectivity index (χ0v) is 17.5. The zero-order valence-electron chi connectivity index (χ0n) is 17.5. The van der Waals surface area contributed by atoms with Gasteiger partial charge in [-0.05, 0) is 23.3 Å². The summed E-state index contributed by atoms with van der Waals surface area (Å²) in [5.41, 5.74) is 2.91. The Morgan fingerprint density at radius 1 is 0.697 bits per heavy atom. The van der Waals surface area contributed by atoms with Gasteiger partial charge in [0.2, 0.25) is 0 Å². The van der Waals surface area contributed by atoms with E-state index in [1.165, 1.54) is 18.2 Å². The summed E-state index contributed by atoms with van der Waals surface area (Å²) >= 11 is 0. The molecule has 0 radical (unpaired) electrons. The van der Waals surface area contributed by atoms with Crippen molar-refractivity contribution in [3.63, 3.8) is 0 Å². The third-order valence-electron chi connectivity index (χ3n) is 5.19. The molecule has 0 aromatic heterocycles. The highest BCUT2D eigenvalue weighted by molar-refractivity contribution is 6.14. The van der Waals surface area contributed by atoms with Crippen LogP contribution >= 0.6 is 0 Å². The van der Waals surface area contributed by atoms with Crippen LogP contribution in [0.1, 0.15) is 31.8 Å². The van der Waals surface area contributed by atoms with Crippen LogP contribution in [0.2, 0.25) is 0 Å². The lowest BCUT2D eigenvalue weighted by atomic mass is 9.96. The number of ether oxygens (including phenoxy) is 1. The third kappa shape index (κ3) is 4.85. The van der Waals surface area contributed by atoms with Crippen LogP contribution in [0.15, 0.2) is 103 Å². The first-order chi connectivity index (χ1) is 16.0. The molecule has 33 heavy (non-hydrogen) atoms. The summed E-state index contributed by atoms with van der Waals surface area (Å²) in [5, 5.41) is 11.2. The maximum absolute atomic E-state index is 13.1. The Kier molecular flexibility index (Phi) is 6.36. The summed E-state index contributed by atoms with van der Waals surface area (Å²) in [6.07, 6.45) is 0. The van der Waals surface area contributed by atoms with Gasteiger partial charge in [0, 0.05) is 17.2 Å². The Bertz CT molecular complexity index is 1310.